The summed E-state index contributed by atoms with van der Waals surface area (Å²) >= 11 is 1.76. The van der Waals surface area contributed by atoms with Crippen LogP contribution in [0.1, 0.15) is 33.6 Å². The summed E-state index contributed by atoms with van der Waals surface area (Å²) in [6.07, 6.45) is 2.26. The van der Waals surface area contributed by atoms with E-state index in [1.54, 1.807) is 18.7 Å². The van der Waals surface area contributed by atoms with E-state index < -0.39 is 9.84 Å². The molecule has 0 saturated carbocycles. The predicted octanol–water partition coefficient (Wildman–Crippen LogP) is 1.57. The maximum Gasteiger partial charge on any atom is 0.166 e. The summed E-state index contributed by atoms with van der Waals surface area (Å²) in [5.74, 6) is 2.01. The third-order valence-corrected chi connectivity index (χ3v) is 7.16. The van der Waals surface area contributed by atoms with Crippen LogP contribution in [-0.4, -0.2) is 61.6 Å². The van der Waals surface area contributed by atoms with E-state index in [4.69, 9.17) is 0 Å². The van der Waals surface area contributed by atoms with Crippen LogP contribution in [0.5, 0.6) is 0 Å². The highest BCUT2D eigenvalue weighted by atomic mass is 32.2. The van der Waals surface area contributed by atoms with E-state index in [0.29, 0.717) is 6.04 Å². The van der Waals surface area contributed by atoms with Gasteiger partial charge in [0.2, 0.25) is 0 Å². The van der Waals surface area contributed by atoms with Crippen LogP contribution in [0.3, 0.4) is 0 Å². The number of nitrogens with one attached hydrogen (secondary N) is 1. The molecule has 114 valence electrons. The Morgan fingerprint density at radius 3 is 2.58 bits per heavy atom. The number of nitrogens with zero attached hydrogens (tertiary/aromatic N) is 1. The molecule has 0 bridgehead atoms. The average molecular weight is 309 g/mol. The molecule has 0 aromatic rings. The van der Waals surface area contributed by atoms with Crippen molar-refractivity contribution in [3.8, 4) is 0 Å². The van der Waals surface area contributed by atoms with Crippen LogP contribution >= 0.6 is 11.8 Å². The second kappa shape index (κ2) is 8.49. The molecule has 1 aliphatic rings. The molecule has 19 heavy (non-hydrogen) atoms. The summed E-state index contributed by atoms with van der Waals surface area (Å²) in [7, 11) is -2.95. The highest BCUT2D eigenvalue weighted by Crippen LogP contribution is 2.20. The first-order chi connectivity index (χ1) is 9.05. The van der Waals surface area contributed by atoms with Gasteiger partial charge in [0.25, 0.3) is 0 Å². The third-order valence-electron chi connectivity index (χ3n) is 3.83. The molecule has 0 spiro atoms. The largest absolute Gasteiger partial charge is 0.313 e. The molecule has 0 aromatic heterocycles. The van der Waals surface area contributed by atoms with Crippen molar-refractivity contribution in [1.82, 2.24) is 10.2 Å². The summed E-state index contributed by atoms with van der Waals surface area (Å²) in [5, 5.41) is 3.24. The van der Waals surface area contributed by atoms with Crippen molar-refractivity contribution in [1.29, 1.82) is 0 Å². The molecule has 0 aromatic carbocycles. The smallest absolute Gasteiger partial charge is 0.166 e. The van der Waals surface area contributed by atoms with Gasteiger partial charge in [-0.25, -0.2) is 8.42 Å². The quantitative estimate of drug-likeness (QED) is 0.738. The van der Waals surface area contributed by atoms with Gasteiger partial charge in [-0.05, 0) is 12.8 Å². The van der Waals surface area contributed by atoms with Crippen LogP contribution in [0.15, 0.2) is 0 Å². The lowest BCUT2D eigenvalue weighted by atomic mass is 10.2. The van der Waals surface area contributed by atoms with Gasteiger partial charge in [-0.3, -0.25) is 4.90 Å². The van der Waals surface area contributed by atoms with E-state index in [0.717, 1.165) is 44.0 Å². The molecule has 1 N–H and O–H groups in total. The van der Waals surface area contributed by atoms with Gasteiger partial charge in [0.15, 0.2) is 9.84 Å². The van der Waals surface area contributed by atoms with Gasteiger partial charge in [-0.2, -0.15) is 11.8 Å². The molecular weight excluding hydrogens is 280 g/mol. The molecule has 1 saturated heterocycles. The van der Waals surface area contributed by atoms with Crippen molar-refractivity contribution in [3.05, 3.63) is 0 Å². The standard InChI is InChI=1S/C13H28N2O2S2/c1-4-12(5-2)14-7-8-15-9-10-18-11-13(15)19(16,17)6-3/h12-14H,4-11H2,1-3H3. The number of thioether (sulfide) groups is 1. The van der Waals surface area contributed by atoms with E-state index in [9.17, 15) is 8.42 Å². The van der Waals surface area contributed by atoms with Crippen LogP contribution < -0.4 is 5.32 Å². The summed E-state index contributed by atoms with van der Waals surface area (Å²) in [6, 6.07) is 0.556. The second-order valence-corrected chi connectivity index (χ2v) is 8.58. The highest BCUT2D eigenvalue weighted by molar-refractivity contribution is 8.01. The van der Waals surface area contributed by atoms with Crippen molar-refractivity contribution >= 4 is 21.6 Å². The van der Waals surface area contributed by atoms with Gasteiger partial charge in [0.1, 0.15) is 5.37 Å². The van der Waals surface area contributed by atoms with Crippen molar-refractivity contribution in [2.45, 2.75) is 45.0 Å². The molecule has 0 aliphatic carbocycles. The van der Waals surface area contributed by atoms with Gasteiger partial charge < -0.3 is 5.32 Å². The summed E-state index contributed by atoms with van der Waals surface area (Å²) < 4.78 is 24.2. The van der Waals surface area contributed by atoms with Crippen LogP contribution in [0, 0.1) is 0 Å². The Balaban J connectivity index is 2.49. The Morgan fingerprint density at radius 1 is 1.32 bits per heavy atom. The van der Waals surface area contributed by atoms with Gasteiger partial charge in [0.05, 0.1) is 0 Å². The topological polar surface area (TPSA) is 49.4 Å². The zero-order valence-corrected chi connectivity index (χ0v) is 14.0. The fourth-order valence-electron chi connectivity index (χ4n) is 2.38. The predicted molar refractivity (Wildman–Crippen MR) is 84.5 cm³/mol. The zero-order valence-electron chi connectivity index (χ0n) is 12.4. The monoisotopic (exact) mass is 308 g/mol. The van der Waals surface area contributed by atoms with Crippen LogP contribution in [0.25, 0.3) is 0 Å². The highest BCUT2D eigenvalue weighted by Gasteiger charge is 2.32. The lowest BCUT2D eigenvalue weighted by Crippen LogP contribution is -2.50. The van der Waals surface area contributed by atoms with Gasteiger partial charge in [-0.1, -0.05) is 20.8 Å². The minimum atomic E-state index is -2.95. The van der Waals surface area contributed by atoms with E-state index >= 15 is 0 Å². The molecule has 1 rings (SSSR count). The van der Waals surface area contributed by atoms with Crippen LogP contribution in [0.4, 0.5) is 0 Å². The molecule has 6 heteroatoms. The molecule has 1 aliphatic heterocycles. The fraction of sp³-hybridized carbons (Fsp3) is 1.00. The molecule has 0 amide bonds. The van der Waals surface area contributed by atoms with Crippen molar-refractivity contribution in [2.75, 3.05) is 36.9 Å². The first kappa shape index (κ1) is 17.3. The first-order valence-corrected chi connectivity index (χ1v) is 10.2. The minimum Gasteiger partial charge on any atom is -0.313 e. The summed E-state index contributed by atoms with van der Waals surface area (Å²) in [4.78, 5) is 2.14. The number of rotatable bonds is 8. The Bertz CT molecular complexity index is 343. The summed E-state index contributed by atoms with van der Waals surface area (Å²) in [6.45, 7) is 8.72. The van der Waals surface area contributed by atoms with E-state index in [2.05, 4.69) is 24.1 Å². The molecule has 1 atom stereocenters. The fourth-order valence-corrected chi connectivity index (χ4v) is 5.49. The zero-order chi connectivity index (χ0) is 14.3. The number of sulfone groups is 1. The van der Waals surface area contributed by atoms with Crippen molar-refractivity contribution < 1.29 is 8.42 Å². The SMILES string of the molecule is CCC(CC)NCCN1CCSCC1S(=O)(=O)CC. The second-order valence-electron chi connectivity index (χ2n) is 4.98. The Hall–Kier alpha value is 0.220. The maximum atomic E-state index is 12.1. The normalized spacial score (nSPS) is 22.0. The molecule has 4 nitrogen and oxygen atoms in total. The minimum absolute atomic E-state index is 0.245. The Kier molecular flexibility index (Phi) is 7.72. The molecule has 1 heterocycles. The lowest BCUT2D eigenvalue weighted by Gasteiger charge is -2.35. The molecule has 1 fully saturated rings. The van der Waals surface area contributed by atoms with Gasteiger partial charge in [-0.15, -0.1) is 0 Å². The van der Waals surface area contributed by atoms with Crippen molar-refractivity contribution in [2.24, 2.45) is 0 Å². The van der Waals surface area contributed by atoms with E-state index in [1.165, 1.54) is 0 Å². The van der Waals surface area contributed by atoms with E-state index in [-0.39, 0.29) is 11.1 Å². The van der Waals surface area contributed by atoms with E-state index in [1.807, 2.05) is 0 Å². The molecule has 1 unspecified atom stereocenters. The molecule has 0 radical (unpaired) electrons. The first-order valence-electron chi connectivity index (χ1n) is 7.31. The number of hydrogen-bond donors (Lipinski definition) is 1. The Labute approximate surface area is 122 Å². The molecular formula is C13H28N2O2S2. The van der Waals surface area contributed by atoms with Gasteiger partial charge >= 0.3 is 0 Å². The average Bonchev–Trinajstić information content (AvgIpc) is 2.44. The lowest BCUT2D eigenvalue weighted by molar-refractivity contribution is 0.264. The van der Waals surface area contributed by atoms with Crippen LogP contribution in [0.2, 0.25) is 0 Å². The van der Waals surface area contributed by atoms with Crippen molar-refractivity contribution in [3.63, 3.8) is 0 Å². The summed E-state index contributed by atoms with van der Waals surface area (Å²) in [5.41, 5.74) is 0. The van der Waals surface area contributed by atoms with Crippen LogP contribution in [-0.2, 0) is 9.84 Å². The van der Waals surface area contributed by atoms with Gasteiger partial charge in [0, 0.05) is 42.9 Å². The number of hydrogen-bond acceptors (Lipinski definition) is 5. The Morgan fingerprint density at radius 2 is 2.00 bits per heavy atom. The third kappa shape index (κ3) is 5.25. The maximum absolute atomic E-state index is 12.1.